The van der Waals surface area contributed by atoms with Crippen molar-refractivity contribution >= 4 is 9.84 Å². The van der Waals surface area contributed by atoms with E-state index in [9.17, 15) is 8.42 Å². The molecule has 1 fully saturated rings. The number of rotatable bonds is 4. The van der Waals surface area contributed by atoms with Crippen molar-refractivity contribution in [2.45, 2.75) is 38.1 Å². The summed E-state index contributed by atoms with van der Waals surface area (Å²) in [5, 5.41) is 0. The van der Waals surface area contributed by atoms with Crippen LogP contribution in [0.4, 0.5) is 0 Å². The first-order chi connectivity index (χ1) is 5.97. The fourth-order valence-electron chi connectivity index (χ4n) is 2.01. The minimum Gasteiger partial charge on any atom is -0.328 e. The Balaban J connectivity index is 2.14. The van der Waals surface area contributed by atoms with E-state index in [1.54, 1.807) is 0 Å². The van der Waals surface area contributed by atoms with E-state index in [0.29, 0.717) is 17.7 Å². The lowest BCUT2D eigenvalue weighted by Crippen LogP contribution is -2.15. The largest absolute Gasteiger partial charge is 0.328 e. The molecule has 0 aromatic heterocycles. The van der Waals surface area contributed by atoms with E-state index in [2.05, 4.69) is 0 Å². The third-order valence-corrected chi connectivity index (χ3v) is 3.74. The van der Waals surface area contributed by atoms with Crippen molar-refractivity contribution in [1.82, 2.24) is 0 Å². The summed E-state index contributed by atoms with van der Waals surface area (Å²) >= 11 is 0. The van der Waals surface area contributed by atoms with Gasteiger partial charge in [0.05, 0.1) is 0 Å². The Morgan fingerprint density at radius 3 is 2.54 bits per heavy atom. The fraction of sp³-hybridized carbons (Fsp3) is 1.00. The van der Waals surface area contributed by atoms with E-state index in [-0.39, 0.29) is 0 Å². The second-order valence-electron chi connectivity index (χ2n) is 4.21. The van der Waals surface area contributed by atoms with Crippen molar-refractivity contribution in [1.29, 1.82) is 0 Å². The molecule has 2 N–H and O–H groups in total. The molecule has 3 nitrogen and oxygen atoms in total. The Morgan fingerprint density at radius 1 is 1.38 bits per heavy atom. The van der Waals surface area contributed by atoms with Crippen molar-refractivity contribution in [3.8, 4) is 0 Å². The summed E-state index contributed by atoms with van der Waals surface area (Å²) in [6.45, 7) is 0. The summed E-state index contributed by atoms with van der Waals surface area (Å²) in [5.41, 5.74) is 5.76. The van der Waals surface area contributed by atoms with Gasteiger partial charge in [-0.05, 0) is 38.0 Å². The first kappa shape index (κ1) is 11.0. The van der Waals surface area contributed by atoms with E-state index in [0.717, 1.165) is 25.7 Å². The van der Waals surface area contributed by atoms with Gasteiger partial charge in [-0.2, -0.15) is 0 Å². The summed E-state index contributed by atoms with van der Waals surface area (Å²) in [5.74, 6) is 1.01. The maximum absolute atomic E-state index is 10.8. The topological polar surface area (TPSA) is 60.2 Å². The fourth-order valence-corrected chi connectivity index (χ4v) is 2.70. The highest BCUT2D eigenvalue weighted by atomic mass is 32.2. The zero-order valence-corrected chi connectivity index (χ0v) is 9.02. The summed E-state index contributed by atoms with van der Waals surface area (Å²) in [7, 11) is -2.76. The molecule has 0 aromatic rings. The lowest BCUT2D eigenvalue weighted by atomic mass is 10.0. The summed E-state index contributed by atoms with van der Waals surface area (Å²) in [6.07, 6.45) is 6.52. The van der Waals surface area contributed by atoms with Crippen LogP contribution in [0.15, 0.2) is 0 Å². The van der Waals surface area contributed by atoms with Crippen molar-refractivity contribution in [2.24, 2.45) is 11.7 Å². The highest BCUT2D eigenvalue weighted by Crippen LogP contribution is 2.27. The van der Waals surface area contributed by atoms with Gasteiger partial charge in [-0.3, -0.25) is 0 Å². The number of sulfone groups is 1. The first-order valence-corrected chi connectivity index (χ1v) is 6.97. The van der Waals surface area contributed by atoms with Gasteiger partial charge < -0.3 is 5.73 Å². The molecule has 0 saturated heterocycles. The summed E-state index contributed by atoms with van der Waals surface area (Å²) < 4.78 is 21.7. The highest BCUT2D eigenvalue weighted by molar-refractivity contribution is 7.90. The van der Waals surface area contributed by atoms with E-state index in [4.69, 9.17) is 5.73 Å². The van der Waals surface area contributed by atoms with E-state index in [1.165, 1.54) is 12.7 Å². The average molecular weight is 205 g/mol. The van der Waals surface area contributed by atoms with Crippen LogP contribution < -0.4 is 5.73 Å². The molecule has 13 heavy (non-hydrogen) atoms. The molecule has 0 spiro atoms. The van der Waals surface area contributed by atoms with E-state index in [1.807, 2.05) is 0 Å². The predicted octanol–water partition coefficient (Wildman–Crippen LogP) is 0.939. The Morgan fingerprint density at radius 2 is 2.08 bits per heavy atom. The van der Waals surface area contributed by atoms with E-state index >= 15 is 0 Å². The number of hydrogen-bond acceptors (Lipinski definition) is 3. The summed E-state index contributed by atoms with van der Waals surface area (Å²) in [4.78, 5) is 0. The molecule has 2 unspecified atom stereocenters. The van der Waals surface area contributed by atoms with Gasteiger partial charge in [0.15, 0.2) is 0 Å². The van der Waals surface area contributed by atoms with Crippen LogP contribution in [0, 0.1) is 5.92 Å². The van der Waals surface area contributed by atoms with Crippen LogP contribution in [-0.2, 0) is 9.84 Å². The second-order valence-corrected chi connectivity index (χ2v) is 6.47. The maximum Gasteiger partial charge on any atom is 0.147 e. The molecule has 1 rings (SSSR count). The number of hydrogen-bond donors (Lipinski definition) is 1. The van der Waals surface area contributed by atoms with Gasteiger partial charge in [-0.15, -0.1) is 0 Å². The van der Waals surface area contributed by atoms with Crippen molar-refractivity contribution in [2.75, 3.05) is 12.0 Å². The molecule has 0 amide bonds. The Labute approximate surface area is 80.6 Å². The minimum absolute atomic E-state index is 0.332. The predicted molar refractivity (Wildman–Crippen MR) is 54.3 cm³/mol. The Hall–Kier alpha value is -0.0900. The van der Waals surface area contributed by atoms with Crippen LogP contribution in [0.3, 0.4) is 0 Å². The molecule has 1 saturated carbocycles. The second kappa shape index (κ2) is 4.42. The third kappa shape index (κ3) is 4.62. The van der Waals surface area contributed by atoms with Gasteiger partial charge in [0.2, 0.25) is 0 Å². The molecule has 1 aliphatic rings. The van der Waals surface area contributed by atoms with Gasteiger partial charge in [0.1, 0.15) is 9.84 Å². The van der Waals surface area contributed by atoms with Gasteiger partial charge >= 0.3 is 0 Å². The molecular weight excluding hydrogens is 186 g/mol. The van der Waals surface area contributed by atoms with Crippen LogP contribution in [0.25, 0.3) is 0 Å². The third-order valence-electron chi connectivity index (χ3n) is 2.71. The molecule has 0 aliphatic heterocycles. The molecule has 0 radical (unpaired) electrons. The first-order valence-electron chi connectivity index (χ1n) is 4.90. The van der Waals surface area contributed by atoms with Crippen LogP contribution in [0.2, 0.25) is 0 Å². The van der Waals surface area contributed by atoms with Gasteiger partial charge in [0.25, 0.3) is 0 Å². The average Bonchev–Trinajstić information content (AvgIpc) is 2.33. The number of nitrogens with two attached hydrogens (primary N) is 1. The van der Waals surface area contributed by atoms with Gasteiger partial charge in [-0.25, -0.2) is 8.42 Å². The van der Waals surface area contributed by atoms with Crippen molar-refractivity contribution in [3.05, 3.63) is 0 Å². The molecule has 0 aromatic carbocycles. The monoisotopic (exact) mass is 205 g/mol. The van der Waals surface area contributed by atoms with Crippen LogP contribution in [0.1, 0.15) is 32.1 Å². The maximum atomic E-state index is 10.8. The van der Waals surface area contributed by atoms with Crippen LogP contribution in [-0.4, -0.2) is 26.5 Å². The quantitative estimate of drug-likeness (QED) is 0.743. The van der Waals surface area contributed by atoms with Crippen molar-refractivity contribution in [3.63, 3.8) is 0 Å². The molecule has 4 heteroatoms. The molecular formula is C9H19NO2S. The lowest BCUT2D eigenvalue weighted by molar-refractivity contribution is 0.487. The lowest BCUT2D eigenvalue weighted by Gasteiger charge is -2.07. The van der Waals surface area contributed by atoms with Crippen molar-refractivity contribution < 1.29 is 8.42 Å². The SMILES string of the molecule is CS(=O)(=O)CCCC1CCC(N)C1. The molecule has 1 aliphatic carbocycles. The van der Waals surface area contributed by atoms with Crippen LogP contribution in [0.5, 0.6) is 0 Å². The summed E-state index contributed by atoms with van der Waals surface area (Å²) in [6, 6.07) is 0.364. The molecule has 0 bridgehead atoms. The Kier molecular flexibility index (Phi) is 3.74. The molecule has 78 valence electrons. The van der Waals surface area contributed by atoms with Gasteiger partial charge in [0, 0.05) is 18.1 Å². The van der Waals surface area contributed by atoms with Crippen LogP contribution >= 0.6 is 0 Å². The normalized spacial score (nSPS) is 29.4. The van der Waals surface area contributed by atoms with Gasteiger partial charge in [-0.1, -0.05) is 0 Å². The van der Waals surface area contributed by atoms with E-state index < -0.39 is 9.84 Å². The minimum atomic E-state index is -2.76. The Bertz CT molecular complexity index is 248. The molecule has 2 atom stereocenters. The smallest absolute Gasteiger partial charge is 0.147 e. The zero-order valence-electron chi connectivity index (χ0n) is 8.20. The highest BCUT2D eigenvalue weighted by Gasteiger charge is 2.21. The standard InChI is InChI=1S/C9H19NO2S/c1-13(11,12)6-2-3-8-4-5-9(10)7-8/h8-9H,2-7,10H2,1H3. The molecule has 0 heterocycles. The zero-order chi connectivity index (χ0) is 9.90.